The van der Waals surface area contributed by atoms with Gasteiger partial charge in [0.1, 0.15) is 5.58 Å². The van der Waals surface area contributed by atoms with Gasteiger partial charge in [-0.3, -0.25) is 4.79 Å². The van der Waals surface area contributed by atoms with Crippen molar-refractivity contribution in [2.45, 2.75) is 25.8 Å². The van der Waals surface area contributed by atoms with Gasteiger partial charge in [-0.15, -0.1) is 0 Å². The van der Waals surface area contributed by atoms with E-state index in [2.05, 4.69) is 5.32 Å². The highest BCUT2D eigenvalue weighted by Crippen LogP contribution is 2.23. The first kappa shape index (κ1) is 13.9. The molecule has 0 aliphatic carbocycles. The van der Waals surface area contributed by atoms with Gasteiger partial charge in [0.2, 0.25) is 0 Å². The van der Waals surface area contributed by atoms with Gasteiger partial charge in [-0.1, -0.05) is 18.5 Å². The van der Waals surface area contributed by atoms with Crippen LogP contribution < -0.4 is 5.32 Å². The molecule has 102 valence electrons. The molecule has 19 heavy (non-hydrogen) atoms. The van der Waals surface area contributed by atoms with Gasteiger partial charge in [0.15, 0.2) is 5.76 Å². The van der Waals surface area contributed by atoms with E-state index in [4.69, 9.17) is 21.1 Å². The monoisotopic (exact) mass is 281 g/mol. The van der Waals surface area contributed by atoms with Crippen LogP contribution in [0.3, 0.4) is 0 Å². The predicted octanol–water partition coefficient (Wildman–Crippen LogP) is 2.98. The summed E-state index contributed by atoms with van der Waals surface area (Å²) < 4.78 is 5.48. The number of furan rings is 1. The van der Waals surface area contributed by atoms with E-state index in [-0.39, 0.29) is 24.3 Å². The Morgan fingerprint density at radius 1 is 1.47 bits per heavy atom. The van der Waals surface area contributed by atoms with Crippen molar-refractivity contribution < 1.29 is 14.3 Å². The van der Waals surface area contributed by atoms with Crippen molar-refractivity contribution >= 4 is 28.5 Å². The summed E-state index contributed by atoms with van der Waals surface area (Å²) in [7, 11) is 0. The van der Waals surface area contributed by atoms with Crippen molar-refractivity contribution in [1.82, 2.24) is 5.32 Å². The van der Waals surface area contributed by atoms with Crippen LogP contribution in [0.2, 0.25) is 5.02 Å². The number of aliphatic hydroxyl groups is 1. The molecule has 0 aliphatic heterocycles. The molecule has 1 heterocycles. The zero-order valence-electron chi connectivity index (χ0n) is 10.6. The van der Waals surface area contributed by atoms with Gasteiger partial charge >= 0.3 is 0 Å². The number of carbonyl (C=O) groups is 1. The Morgan fingerprint density at radius 3 is 2.95 bits per heavy atom. The largest absolute Gasteiger partial charge is 0.451 e. The molecule has 1 amide bonds. The van der Waals surface area contributed by atoms with E-state index in [0.29, 0.717) is 17.0 Å². The number of nitrogens with one attached hydrogen (secondary N) is 1. The molecule has 4 nitrogen and oxygen atoms in total. The van der Waals surface area contributed by atoms with Crippen molar-refractivity contribution in [3.8, 4) is 0 Å². The van der Waals surface area contributed by atoms with E-state index >= 15 is 0 Å². The second-order valence-electron chi connectivity index (χ2n) is 4.38. The topological polar surface area (TPSA) is 62.5 Å². The lowest BCUT2D eigenvalue weighted by Crippen LogP contribution is -2.34. The minimum atomic E-state index is -0.271. The third kappa shape index (κ3) is 3.28. The van der Waals surface area contributed by atoms with Crippen molar-refractivity contribution in [1.29, 1.82) is 0 Å². The molecule has 0 fully saturated rings. The summed E-state index contributed by atoms with van der Waals surface area (Å²) in [6, 6.07) is 6.83. The first-order chi connectivity index (χ1) is 9.13. The van der Waals surface area contributed by atoms with Gasteiger partial charge in [-0.25, -0.2) is 0 Å². The zero-order chi connectivity index (χ0) is 13.8. The standard InChI is InChI=1S/C14H16ClNO3/c1-2-11(5-6-17)16-14(18)13-8-9-7-10(15)3-4-12(9)19-13/h3-4,7-8,11,17H,2,5-6H2,1H3,(H,16,18). The third-order valence-electron chi connectivity index (χ3n) is 3.01. The zero-order valence-corrected chi connectivity index (χ0v) is 11.4. The quantitative estimate of drug-likeness (QED) is 0.886. The Bertz CT molecular complexity index is 579. The van der Waals surface area contributed by atoms with Gasteiger partial charge in [-0.2, -0.15) is 0 Å². The highest BCUT2D eigenvalue weighted by Gasteiger charge is 2.16. The number of halogens is 1. The molecule has 1 atom stereocenters. The van der Waals surface area contributed by atoms with E-state index in [9.17, 15) is 4.79 Å². The molecule has 2 N–H and O–H groups in total. The smallest absolute Gasteiger partial charge is 0.287 e. The fourth-order valence-corrected chi connectivity index (χ4v) is 2.10. The molecular formula is C14H16ClNO3. The minimum absolute atomic E-state index is 0.0469. The number of amides is 1. The average Bonchev–Trinajstić information content (AvgIpc) is 2.81. The third-order valence-corrected chi connectivity index (χ3v) is 3.24. The number of benzene rings is 1. The maximum absolute atomic E-state index is 12.0. The number of hydrogen-bond acceptors (Lipinski definition) is 3. The summed E-state index contributed by atoms with van der Waals surface area (Å²) in [5.74, 6) is -0.0127. The van der Waals surface area contributed by atoms with Crippen molar-refractivity contribution in [3.05, 3.63) is 35.0 Å². The summed E-state index contributed by atoms with van der Waals surface area (Å²) in [6.45, 7) is 2.01. The van der Waals surface area contributed by atoms with Crippen molar-refractivity contribution in [2.75, 3.05) is 6.61 Å². The highest BCUT2D eigenvalue weighted by atomic mass is 35.5. The Balaban J connectivity index is 2.17. The molecule has 0 saturated carbocycles. The van der Waals surface area contributed by atoms with Crippen LogP contribution in [0.5, 0.6) is 0 Å². The molecule has 1 unspecified atom stereocenters. The van der Waals surface area contributed by atoms with Gasteiger partial charge in [0.05, 0.1) is 0 Å². The second kappa shape index (κ2) is 6.08. The molecule has 0 saturated heterocycles. The molecule has 2 rings (SSSR count). The van der Waals surface area contributed by atoms with E-state index in [1.54, 1.807) is 24.3 Å². The molecule has 0 radical (unpaired) electrons. The van der Waals surface area contributed by atoms with Crippen LogP contribution in [-0.4, -0.2) is 23.7 Å². The number of rotatable bonds is 5. The Morgan fingerprint density at radius 2 is 2.26 bits per heavy atom. The predicted molar refractivity (Wildman–Crippen MR) is 74.5 cm³/mol. The van der Waals surface area contributed by atoms with E-state index in [1.807, 2.05) is 6.92 Å². The molecule has 0 spiro atoms. The van der Waals surface area contributed by atoms with Gasteiger partial charge in [0.25, 0.3) is 5.91 Å². The normalized spacial score (nSPS) is 12.6. The SMILES string of the molecule is CCC(CCO)NC(=O)c1cc2cc(Cl)ccc2o1. The summed E-state index contributed by atoms with van der Waals surface area (Å²) >= 11 is 5.89. The van der Waals surface area contributed by atoms with E-state index in [0.717, 1.165) is 11.8 Å². The van der Waals surface area contributed by atoms with Gasteiger partial charge < -0.3 is 14.8 Å². The lowest BCUT2D eigenvalue weighted by atomic mass is 10.1. The Labute approximate surface area is 116 Å². The second-order valence-corrected chi connectivity index (χ2v) is 4.82. The fraction of sp³-hybridized carbons (Fsp3) is 0.357. The van der Waals surface area contributed by atoms with Crippen LogP contribution in [0.25, 0.3) is 11.0 Å². The molecule has 1 aromatic carbocycles. The Kier molecular flexibility index (Phi) is 4.45. The minimum Gasteiger partial charge on any atom is -0.451 e. The molecule has 1 aromatic heterocycles. The van der Waals surface area contributed by atoms with Gasteiger partial charge in [-0.05, 0) is 37.1 Å². The van der Waals surface area contributed by atoms with Crippen LogP contribution >= 0.6 is 11.6 Å². The number of fused-ring (bicyclic) bond motifs is 1. The summed E-state index contributed by atoms with van der Waals surface area (Å²) in [5, 5.41) is 13.1. The number of hydrogen-bond donors (Lipinski definition) is 2. The molecule has 0 aliphatic rings. The maximum Gasteiger partial charge on any atom is 0.287 e. The maximum atomic E-state index is 12.0. The molecule has 0 bridgehead atoms. The first-order valence-electron chi connectivity index (χ1n) is 6.25. The summed E-state index contributed by atoms with van der Waals surface area (Å²) in [4.78, 5) is 12.0. The lowest BCUT2D eigenvalue weighted by molar-refractivity contribution is 0.0903. The fourth-order valence-electron chi connectivity index (χ4n) is 1.92. The molecular weight excluding hydrogens is 266 g/mol. The van der Waals surface area contributed by atoms with Crippen LogP contribution in [0, 0.1) is 0 Å². The summed E-state index contributed by atoms with van der Waals surface area (Å²) in [6.07, 6.45) is 1.30. The van der Waals surface area contributed by atoms with Crippen LogP contribution in [0.15, 0.2) is 28.7 Å². The van der Waals surface area contributed by atoms with Crippen LogP contribution in [-0.2, 0) is 0 Å². The average molecular weight is 282 g/mol. The van der Waals surface area contributed by atoms with Gasteiger partial charge in [0, 0.05) is 23.1 Å². The summed E-state index contributed by atoms with van der Waals surface area (Å²) in [5.41, 5.74) is 0.629. The van der Waals surface area contributed by atoms with Crippen LogP contribution in [0.1, 0.15) is 30.3 Å². The highest BCUT2D eigenvalue weighted by molar-refractivity contribution is 6.31. The van der Waals surface area contributed by atoms with Crippen molar-refractivity contribution in [2.24, 2.45) is 0 Å². The van der Waals surface area contributed by atoms with E-state index in [1.165, 1.54) is 0 Å². The number of carbonyl (C=O) groups excluding carboxylic acids is 1. The van der Waals surface area contributed by atoms with Crippen molar-refractivity contribution in [3.63, 3.8) is 0 Å². The Hall–Kier alpha value is -1.52. The van der Waals surface area contributed by atoms with Crippen LogP contribution in [0.4, 0.5) is 0 Å². The molecule has 5 heteroatoms. The molecule has 2 aromatic rings. The number of aliphatic hydroxyl groups excluding tert-OH is 1. The lowest BCUT2D eigenvalue weighted by Gasteiger charge is -2.14. The van der Waals surface area contributed by atoms with E-state index < -0.39 is 0 Å². The first-order valence-corrected chi connectivity index (χ1v) is 6.62.